The van der Waals surface area contributed by atoms with Gasteiger partial charge >= 0.3 is 5.97 Å². The Hall–Kier alpha value is -1.89. The third-order valence-corrected chi connectivity index (χ3v) is 3.16. The van der Waals surface area contributed by atoms with Crippen LogP contribution < -0.4 is 0 Å². The van der Waals surface area contributed by atoms with E-state index in [0.29, 0.717) is 18.1 Å². The lowest BCUT2D eigenvalue weighted by Gasteiger charge is -2.04. The zero-order chi connectivity index (χ0) is 14.0. The molecule has 2 aromatic rings. The minimum Gasteiger partial charge on any atom is -0.463 e. The average Bonchev–Trinajstić information content (AvgIpc) is 2.98. The number of nitrogens with zero attached hydrogens (tertiary/aromatic N) is 5. The first-order chi connectivity index (χ1) is 9.06. The molecule has 8 heteroatoms. The molecule has 2 aromatic heterocycles. The van der Waals surface area contributed by atoms with E-state index in [1.54, 1.807) is 4.68 Å². The molecule has 0 saturated heterocycles. The number of hydrogen-bond acceptors (Lipinski definition) is 5. The van der Waals surface area contributed by atoms with E-state index >= 15 is 0 Å². The van der Waals surface area contributed by atoms with Crippen molar-refractivity contribution in [3.8, 4) is 0 Å². The molecule has 7 nitrogen and oxygen atoms in total. The van der Waals surface area contributed by atoms with Gasteiger partial charge in [-0.3, -0.25) is 4.68 Å². The largest absolute Gasteiger partial charge is 0.463 e. The fraction of sp³-hybridized carbons (Fsp3) is 0.455. The molecule has 102 valence electrons. The maximum Gasteiger partial charge on any atom is 0.377 e. The molecule has 2 rings (SSSR count). The minimum atomic E-state index is -0.565. The molecule has 0 spiro atoms. The van der Waals surface area contributed by atoms with E-state index in [0.717, 1.165) is 11.4 Å². The standard InChI is InChI=1S/C11H14ClN5O2/c1-4-17-8(9(12)7(2)14-17)5-16-6-13-10(15-16)11(18)19-3/h6H,4-5H2,1-3H3. The summed E-state index contributed by atoms with van der Waals surface area (Å²) in [7, 11) is 1.29. The predicted molar refractivity (Wildman–Crippen MR) is 68.1 cm³/mol. The van der Waals surface area contributed by atoms with Crippen molar-refractivity contribution in [1.29, 1.82) is 0 Å². The molecule has 0 saturated carbocycles. The van der Waals surface area contributed by atoms with Crippen molar-refractivity contribution in [3.05, 3.63) is 28.6 Å². The maximum absolute atomic E-state index is 11.3. The van der Waals surface area contributed by atoms with Crippen LogP contribution in [0.5, 0.6) is 0 Å². The van der Waals surface area contributed by atoms with Gasteiger partial charge in [-0.05, 0) is 13.8 Å². The minimum absolute atomic E-state index is 0.0258. The molecule has 0 fully saturated rings. The lowest BCUT2D eigenvalue weighted by Crippen LogP contribution is -2.10. The Bertz CT molecular complexity index is 604. The highest BCUT2D eigenvalue weighted by atomic mass is 35.5. The molecule has 0 radical (unpaired) electrons. The number of halogens is 1. The first-order valence-corrected chi connectivity index (χ1v) is 6.14. The van der Waals surface area contributed by atoms with Gasteiger partial charge in [0.1, 0.15) is 6.33 Å². The molecule has 0 bridgehead atoms. The van der Waals surface area contributed by atoms with Gasteiger partial charge in [0.25, 0.3) is 5.82 Å². The normalized spacial score (nSPS) is 10.7. The third kappa shape index (κ3) is 2.60. The number of carbonyl (C=O) groups is 1. The summed E-state index contributed by atoms with van der Waals surface area (Å²) < 4.78 is 7.88. The van der Waals surface area contributed by atoms with E-state index in [2.05, 4.69) is 19.9 Å². The number of aryl methyl sites for hydroxylation is 2. The van der Waals surface area contributed by atoms with Gasteiger partial charge in [-0.1, -0.05) is 11.6 Å². The summed E-state index contributed by atoms with van der Waals surface area (Å²) in [5, 5.41) is 8.96. The molecule has 0 aliphatic rings. The summed E-state index contributed by atoms with van der Waals surface area (Å²) in [6.45, 7) is 4.94. The van der Waals surface area contributed by atoms with Gasteiger partial charge in [-0.25, -0.2) is 14.5 Å². The Labute approximate surface area is 115 Å². The van der Waals surface area contributed by atoms with Crippen molar-refractivity contribution >= 4 is 17.6 Å². The fourth-order valence-electron chi connectivity index (χ4n) is 1.73. The highest BCUT2D eigenvalue weighted by Crippen LogP contribution is 2.20. The van der Waals surface area contributed by atoms with Crippen LogP contribution in [-0.4, -0.2) is 37.6 Å². The second-order valence-electron chi connectivity index (χ2n) is 3.92. The summed E-state index contributed by atoms with van der Waals surface area (Å²) in [6.07, 6.45) is 1.46. The van der Waals surface area contributed by atoms with Gasteiger partial charge in [0.15, 0.2) is 0 Å². The van der Waals surface area contributed by atoms with Crippen molar-refractivity contribution in [2.24, 2.45) is 0 Å². The molecule has 19 heavy (non-hydrogen) atoms. The number of carbonyl (C=O) groups excluding carboxylic acids is 1. The molecule has 0 aromatic carbocycles. The van der Waals surface area contributed by atoms with Crippen molar-refractivity contribution in [3.63, 3.8) is 0 Å². The molecular formula is C11H14ClN5O2. The smallest absolute Gasteiger partial charge is 0.377 e. The van der Waals surface area contributed by atoms with Crippen LogP contribution in [0.3, 0.4) is 0 Å². The second kappa shape index (κ2) is 5.40. The van der Waals surface area contributed by atoms with Gasteiger partial charge in [0, 0.05) is 6.54 Å². The molecule has 0 unspecified atom stereocenters. The SMILES string of the molecule is CCn1nc(C)c(Cl)c1Cn1cnc(C(=O)OC)n1. The van der Waals surface area contributed by atoms with Gasteiger partial charge in [0.05, 0.1) is 30.1 Å². The molecule has 0 aliphatic carbocycles. The Morgan fingerprint density at radius 1 is 1.47 bits per heavy atom. The van der Waals surface area contributed by atoms with Crippen LogP contribution in [0, 0.1) is 6.92 Å². The topological polar surface area (TPSA) is 74.8 Å². The Kier molecular flexibility index (Phi) is 3.84. The zero-order valence-corrected chi connectivity index (χ0v) is 11.7. The number of esters is 1. The first-order valence-electron chi connectivity index (χ1n) is 5.76. The van der Waals surface area contributed by atoms with E-state index in [4.69, 9.17) is 11.6 Å². The molecular weight excluding hydrogens is 270 g/mol. The van der Waals surface area contributed by atoms with Crippen LogP contribution >= 0.6 is 11.6 Å². The van der Waals surface area contributed by atoms with E-state index < -0.39 is 5.97 Å². The maximum atomic E-state index is 11.3. The van der Waals surface area contributed by atoms with Crippen molar-refractivity contribution < 1.29 is 9.53 Å². The quantitative estimate of drug-likeness (QED) is 0.791. The third-order valence-electron chi connectivity index (χ3n) is 2.67. The van der Waals surface area contributed by atoms with Gasteiger partial charge in [-0.2, -0.15) is 5.10 Å². The summed E-state index contributed by atoms with van der Waals surface area (Å²) in [4.78, 5) is 15.1. The molecule has 0 aliphatic heterocycles. The number of methoxy groups -OCH3 is 1. The van der Waals surface area contributed by atoms with Gasteiger partial charge in [-0.15, -0.1) is 5.10 Å². The van der Waals surface area contributed by atoms with Crippen molar-refractivity contribution in [2.75, 3.05) is 7.11 Å². The number of rotatable bonds is 4. The number of ether oxygens (including phenoxy) is 1. The molecule has 0 N–H and O–H groups in total. The van der Waals surface area contributed by atoms with E-state index in [-0.39, 0.29) is 5.82 Å². The van der Waals surface area contributed by atoms with Crippen LogP contribution in [0.25, 0.3) is 0 Å². The zero-order valence-electron chi connectivity index (χ0n) is 10.9. The molecule has 2 heterocycles. The summed E-state index contributed by atoms with van der Waals surface area (Å²) in [5.41, 5.74) is 1.61. The highest BCUT2D eigenvalue weighted by Gasteiger charge is 2.16. The first kappa shape index (κ1) is 13.5. The van der Waals surface area contributed by atoms with Crippen LogP contribution in [0.1, 0.15) is 28.9 Å². The monoisotopic (exact) mass is 283 g/mol. The Balaban J connectivity index is 2.26. The summed E-state index contributed by atoms with van der Waals surface area (Å²) in [6, 6.07) is 0. The molecule has 0 amide bonds. The fourth-order valence-corrected chi connectivity index (χ4v) is 1.92. The number of aromatic nitrogens is 5. The molecule has 0 atom stereocenters. The van der Waals surface area contributed by atoms with Crippen LogP contribution in [0.15, 0.2) is 6.33 Å². The van der Waals surface area contributed by atoms with Crippen LogP contribution in [0.2, 0.25) is 5.02 Å². The average molecular weight is 284 g/mol. The Morgan fingerprint density at radius 2 is 2.21 bits per heavy atom. The van der Waals surface area contributed by atoms with Crippen molar-refractivity contribution in [1.82, 2.24) is 24.5 Å². The van der Waals surface area contributed by atoms with Crippen LogP contribution in [-0.2, 0) is 17.8 Å². The lowest BCUT2D eigenvalue weighted by molar-refractivity contribution is 0.0586. The highest BCUT2D eigenvalue weighted by molar-refractivity contribution is 6.31. The lowest BCUT2D eigenvalue weighted by atomic mass is 10.3. The Morgan fingerprint density at radius 3 is 2.84 bits per heavy atom. The van der Waals surface area contributed by atoms with Crippen LogP contribution in [0.4, 0.5) is 0 Å². The second-order valence-corrected chi connectivity index (χ2v) is 4.30. The summed E-state index contributed by atoms with van der Waals surface area (Å²) >= 11 is 6.20. The van der Waals surface area contributed by atoms with E-state index in [9.17, 15) is 4.79 Å². The van der Waals surface area contributed by atoms with E-state index in [1.165, 1.54) is 18.1 Å². The number of hydrogen-bond donors (Lipinski definition) is 0. The van der Waals surface area contributed by atoms with Crippen molar-refractivity contribution in [2.45, 2.75) is 26.9 Å². The summed E-state index contributed by atoms with van der Waals surface area (Å²) in [5.74, 6) is -0.539. The van der Waals surface area contributed by atoms with Gasteiger partial charge < -0.3 is 4.74 Å². The predicted octanol–water partition coefficient (Wildman–Crippen LogP) is 1.29. The van der Waals surface area contributed by atoms with E-state index in [1.807, 2.05) is 13.8 Å². The van der Waals surface area contributed by atoms with Gasteiger partial charge in [0.2, 0.25) is 0 Å².